The zero-order valence-electron chi connectivity index (χ0n) is 25.0. The molecule has 1 aliphatic rings. The Morgan fingerprint density at radius 2 is 2.04 bits per heavy atom. The van der Waals surface area contributed by atoms with Crippen LogP contribution in [0.25, 0.3) is 5.57 Å². The molecular weight excluding hydrogens is 607 g/mol. The lowest BCUT2D eigenvalue weighted by Crippen LogP contribution is -2.27. The highest BCUT2D eigenvalue weighted by Gasteiger charge is 2.39. The molecule has 0 N–H and O–H groups in total. The minimum absolute atomic E-state index is 0.0357. The summed E-state index contributed by atoms with van der Waals surface area (Å²) in [5.41, 5.74) is 0.768. The predicted molar refractivity (Wildman–Crippen MR) is 165 cm³/mol. The molecule has 0 bridgehead atoms. The van der Waals surface area contributed by atoms with Gasteiger partial charge in [-0.05, 0) is 49.0 Å². The van der Waals surface area contributed by atoms with Crippen molar-refractivity contribution in [1.29, 1.82) is 5.26 Å². The van der Waals surface area contributed by atoms with E-state index in [0.29, 0.717) is 17.3 Å². The molecule has 2 heterocycles. The van der Waals surface area contributed by atoms with Crippen molar-refractivity contribution in [2.45, 2.75) is 52.3 Å². The maximum absolute atomic E-state index is 13.9. The van der Waals surface area contributed by atoms with Crippen molar-refractivity contribution in [3.05, 3.63) is 111 Å². The van der Waals surface area contributed by atoms with Crippen LogP contribution in [0.5, 0.6) is 17.4 Å². The van der Waals surface area contributed by atoms with Crippen LogP contribution in [0.4, 0.5) is 13.2 Å². The molecule has 1 atom stereocenters. The molecule has 1 unspecified atom stereocenters. The van der Waals surface area contributed by atoms with Crippen molar-refractivity contribution in [1.82, 2.24) is 19.5 Å². The quantitative estimate of drug-likeness (QED) is 0.196. The van der Waals surface area contributed by atoms with Crippen LogP contribution in [0.1, 0.15) is 62.2 Å². The molecule has 0 radical (unpaired) electrons. The van der Waals surface area contributed by atoms with Crippen molar-refractivity contribution in [3.63, 3.8) is 0 Å². The number of rotatable bonds is 11. The van der Waals surface area contributed by atoms with Crippen molar-refractivity contribution >= 4 is 17.2 Å². The Morgan fingerprint density at radius 1 is 1.27 bits per heavy atom. The summed E-state index contributed by atoms with van der Waals surface area (Å²) in [5, 5.41) is 9.25. The van der Waals surface area contributed by atoms with Gasteiger partial charge in [0.25, 0.3) is 5.56 Å². The number of ether oxygens (including phenoxy) is 2. The largest absolute Gasteiger partial charge is 0.481 e. The van der Waals surface area contributed by atoms with Gasteiger partial charge in [-0.2, -0.15) is 23.4 Å². The van der Waals surface area contributed by atoms with Crippen LogP contribution < -0.4 is 15.0 Å². The molecular formula is C33H31ClF3N5O3. The molecule has 0 saturated heterocycles. The molecule has 0 saturated carbocycles. The zero-order chi connectivity index (χ0) is 32.7. The molecule has 1 aliphatic carbocycles. The van der Waals surface area contributed by atoms with Crippen LogP contribution in [0.3, 0.4) is 0 Å². The van der Waals surface area contributed by atoms with Crippen LogP contribution in [0, 0.1) is 17.2 Å². The molecule has 1 aromatic carbocycles. The lowest BCUT2D eigenvalue weighted by Gasteiger charge is -2.23. The first-order valence-corrected chi connectivity index (χ1v) is 14.6. The van der Waals surface area contributed by atoms with Crippen LogP contribution in [0.15, 0.2) is 77.5 Å². The van der Waals surface area contributed by atoms with Gasteiger partial charge < -0.3 is 9.47 Å². The molecule has 8 nitrogen and oxygen atoms in total. The minimum Gasteiger partial charge on any atom is -0.481 e. The number of nitriles is 1. The van der Waals surface area contributed by atoms with Gasteiger partial charge in [-0.15, -0.1) is 0 Å². The Hall–Kier alpha value is -4.69. The molecule has 0 spiro atoms. The molecule has 12 heteroatoms. The monoisotopic (exact) mass is 637 g/mol. The summed E-state index contributed by atoms with van der Waals surface area (Å²) >= 11 is 5.98. The highest BCUT2D eigenvalue weighted by Crippen LogP contribution is 2.37. The van der Waals surface area contributed by atoms with E-state index in [1.807, 2.05) is 12.1 Å². The summed E-state index contributed by atoms with van der Waals surface area (Å²) < 4.78 is 53.4. The van der Waals surface area contributed by atoms with E-state index in [-0.39, 0.29) is 28.8 Å². The normalized spacial score (nSPS) is 15.2. The second-order valence-corrected chi connectivity index (χ2v) is 10.7. The average Bonchev–Trinajstić information content (AvgIpc) is 3.01. The molecule has 2 aromatic heterocycles. The number of hydrogen-bond acceptors (Lipinski definition) is 7. The van der Waals surface area contributed by atoms with E-state index in [1.54, 1.807) is 6.08 Å². The molecule has 4 rings (SSSR count). The standard InChI is InChI=1S/C33H31ClF3N5O3/c1-5-8-22-12-20(7-3)10-11-26(22)27(9-6-2)30-39-17-23(31(41-30)44-4)18-42-19-40-29(33(35,36)37)28(32(42)43)45-25-14-21(16-38)13-24(34)15-25/h6,9-11,13-15,17,19-20H,2,5,7-8,12,18H2,1,3-4H3. The summed E-state index contributed by atoms with van der Waals surface area (Å²) in [6.07, 6.45) is 8.85. The summed E-state index contributed by atoms with van der Waals surface area (Å²) in [5.74, 6) is -0.355. The summed E-state index contributed by atoms with van der Waals surface area (Å²) in [6, 6.07) is 5.49. The Morgan fingerprint density at radius 3 is 2.69 bits per heavy atom. The number of aromatic nitrogens is 4. The van der Waals surface area contributed by atoms with E-state index < -0.39 is 23.2 Å². The third kappa shape index (κ3) is 7.70. The van der Waals surface area contributed by atoms with Crippen LogP contribution in [-0.4, -0.2) is 26.6 Å². The van der Waals surface area contributed by atoms with Crippen molar-refractivity contribution in [2.75, 3.05) is 7.11 Å². The lowest BCUT2D eigenvalue weighted by molar-refractivity contribution is -0.142. The number of nitrogens with zero attached hydrogens (tertiary/aromatic N) is 5. The van der Waals surface area contributed by atoms with Gasteiger partial charge in [0.05, 0.1) is 37.2 Å². The van der Waals surface area contributed by atoms with Gasteiger partial charge in [-0.3, -0.25) is 9.36 Å². The van der Waals surface area contributed by atoms with Gasteiger partial charge in [-0.1, -0.05) is 68.3 Å². The summed E-state index contributed by atoms with van der Waals surface area (Å²) in [6.45, 7) is 7.87. The van der Waals surface area contributed by atoms with Crippen molar-refractivity contribution in [2.24, 2.45) is 5.92 Å². The number of benzene rings is 1. The van der Waals surface area contributed by atoms with E-state index in [2.05, 4.69) is 47.5 Å². The van der Waals surface area contributed by atoms with Gasteiger partial charge in [0, 0.05) is 16.8 Å². The van der Waals surface area contributed by atoms with Gasteiger partial charge in [-0.25, -0.2) is 9.97 Å². The van der Waals surface area contributed by atoms with Crippen molar-refractivity contribution < 1.29 is 22.6 Å². The highest BCUT2D eigenvalue weighted by molar-refractivity contribution is 6.30. The van der Waals surface area contributed by atoms with E-state index in [4.69, 9.17) is 21.1 Å². The molecule has 0 aliphatic heterocycles. The second kappa shape index (κ2) is 14.4. The smallest absolute Gasteiger partial charge is 0.437 e. The SMILES string of the molecule is C=CC=C(C1=C(CCC)CC(CC)C=C1)c1ncc(Cn2cnc(C(F)(F)F)c(Oc3cc(Cl)cc(C#N)c3)c2=O)c(OC)n1. The van der Waals surface area contributed by atoms with E-state index in [9.17, 15) is 23.2 Å². The van der Waals surface area contributed by atoms with Gasteiger partial charge in [0.2, 0.25) is 11.6 Å². The fourth-order valence-corrected chi connectivity index (χ4v) is 5.24. The van der Waals surface area contributed by atoms with Gasteiger partial charge in [0.1, 0.15) is 5.75 Å². The maximum atomic E-state index is 13.9. The van der Waals surface area contributed by atoms with E-state index in [1.165, 1.54) is 31.0 Å². The highest BCUT2D eigenvalue weighted by atomic mass is 35.5. The van der Waals surface area contributed by atoms with E-state index >= 15 is 0 Å². The van der Waals surface area contributed by atoms with Crippen LogP contribution in [0.2, 0.25) is 5.02 Å². The second-order valence-electron chi connectivity index (χ2n) is 10.3. The topological polar surface area (TPSA) is 103 Å². The summed E-state index contributed by atoms with van der Waals surface area (Å²) in [4.78, 5) is 26.0. The van der Waals surface area contributed by atoms with E-state index in [0.717, 1.165) is 53.8 Å². The van der Waals surface area contributed by atoms with Gasteiger partial charge in [0.15, 0.2) is 11.5 Å². The summed E-state index contributed by atoms with van der Waals surface area (Å²) in [7, 11) is 1.40. The van der Waals surface area contributed by atoms with Crippen molar-refractivity contribution in [3.8, 4) is 23.4 Å². The fourth-order valence-electron chi connectivity index (χ4n) is 5.02. The third-order valence-electron chi connectivity index (χ3n) is 7.16. The Balaban J connectivity index is 1.75. The fraction of sp³-hybridized carbons (Fsp3) is 0.303. The first-order valence-electron chi connectivity index (χ1n) is 14.2. The molecule has 0 amide bonds. The third-order valence-corrected chi connectivity index (χ3v) is 7.38. The molecule has 45 heavy (non-hydrogen) atoms. The maximum Gasteiger partial charge on any atom is 0.437 e. The predicted octanol–water partition coefficient (Wildman–Crippen LogP) is 8.08. The van der Waals surface area contributed by atoms with Crippen LogP contribution in [-0.2, 0) is 12.7 Å². The average molecular weight is 638 g/mol. The Kier molecular flexibility index (Phi) is 10.6. The number of halogens is 4. The first kappa shape index (κ1) is 33.2. The minimum atomic E-state index is -5.00. The Bertz CT molecular complexity index is 1790. The molecule has 234 valence electrons. The number of methoxy groups -OCH3 is 1. The number of allylic oxidation sites excluding steroid dienone is 7. The molecule has 3 aromatic rings. The first-order chi connectivity index (χ1) is 21.5. The molecule has 0 fully saturated rings. The number of alkyl halides is 3. The lowest BCUT2D eigenvalue weighted by atomic mass is 9.83. The number of hydrogen-bond donors (Lipinski definition) is 0. The van der Waals surface area contributed by atoms with Gasteiger partial charge >= 0.3 is 6.18 Å². The zero-order valence-corrected chi connectivity index (χ0v) is 25.7. The van der Waals surface area contributed by atoms with Crippen LogP contribution >= 0.6 is 11.6 Å². The Labute approximate surface area is 263 Å².